The van der Waals surface area contributed by atoms with E-state index in [2.05, 4.69) is 9.37 Å². The number of rotatable bonds is 6. The molecule has 0 fully saturated rings. The summed E-state index contributed by atoms with van der Waals surface area (Å²) in [6, 6.07) is 0. The Morgan fingerprint density at radius 2 is 1.53 bits per heavy atom. The van der Waals surface area contributed by atoms with Gasteiger partial charge in [-0.25, -0.2) is 9.65 Å². The first kappa shape index (κ1) is 14.7. The fourth-order valence-electron chi connectivity index (χ4n) is 0.407. The van der Waals surface area contributed by atoms with Gasteiger partial charge in [0, 0.05) is 0 Å². The van der Waals surface area contributed by atoms with Crippen LogP contribution in [0.25, 0.3) is 0 Å². The van der Waals surface area contributed by atoms with Gasteiger partial charge in [0.15, 0.2) is 6.67 Å². The van der Waals surface area contributed by atoms with Gasteiger partial charge in [-0.3, -0.25) is 0 Å². The van der Waals surface area contributed by atoms with Crippen molar-refractivity contribution in [1.82, 2.24) is 0 Å². The van der Waals surface area contributed by atoms with Gasteiger partial charge in [-0.15, -0.1) is 4.33 Å². The van der Waals surface area contributed by atoms with Gasteiger partial charge in [-0.2, -0.15) is 26.3 Å². The van der Waals surface area contributed by atoms with Crippen LogP contribution in [0.4, 0.5) is 30.7 Å². The molecule has 0 aliphatic heterocycles. The third-order valence-electron chi connectivity index (χ3n) is 1.16. The lowest BCUT2D eigenvalue weighted by Gasteiger charge is -2.29. The molecule has 0 saturated heterocycles. The van der Waals surface area contributed by atoms with E-state index in [0.717, 1.165) is 0 Å². The van der Waals surface area contributed by atoms with Crippen molar-refractivity contribution in [2.75, 3.05) is 6.67 Å². The summed E-state index contributed by atoms with van der Waals surface area (Å²) in [7, 11) is 0. The minimum atomic E-state index is -6.00. The van der Waals surface area contributed by atoms with Gasteiger partial charge in [-0.05, 0) is 0 Å². The normalized spacial score (nSPS) is 14.4. The van der Waals surface area contributed by atoms with E-state index in [1.807, 2.05) is 0 Å². The average Bonchev–Trinajstić information content (AvgIpc) is 2.14. The molecule has 0 aromatic heterocycles. The van der Waals surface area contributed by atoms with Crippen LogP contribution in [0.5, 0.6) is 0 Å². The summed E-state index contributed by atoms with van der Waals surface area (Å²) in [6.45, 7) is -2.98. The van der Waals surface area contributed by atoms with Crippen molar-refractivity contribution in [3.63, 3.8) is 0 Å². The largest absolute Gasteiger partial charge is 0.389 e. The molecule has 0 aromatic rings. The Balaban J connectivity index is 4.83. The smallest absolute Gasteiger partial charge is 0.244 e. The maximum absolute atomic E-state index is 12.3. The third-order valence-corrected chi connectivity index (χ3v) is 1.76. The molecule has 0 unspecified atom stereocenters. The quantitative estimate of drug-likeness (QED) is 0.346. The zero-order chi connectivity index (χ0) is 12.3. The summed E-state index contributed by atoms with van der Waals surface area (Å²) in [4.78, 5) is 0. The van der Waals surface area contributed by atoms with Gasteiger partial charge in [0.25, 0.3) is 0 Å². The second-order valence-electron chi connectivity index (χ2n) is 2.16. The maximum atomic E-state index is 12.3. The second-order valence-corrected chi connectivity index (χ2v) is 2.97. The Morgan fingerprint density at radius 1 is 1.07 bits per heavy atom. The fourth-order valence-corrected chi connectivity index (χ4v) is 0.777. The molecule has 0 amide bonds. The summed E-state index contributed by atoms with van der Waals surface area (Å²) < 4.78 is 87.8. The van der Waals surface area contributed by atoms with Gasteiger partial charge in [0.1, 0.15) is 12.0 Å². The SMILES string of the molecule is OOOSC(F)(F)C(F)(F)C(F)(F)CF. The Morgan fingerprint density at radius 3 is 1.87 bits per heavy atom. The predicted molar refractivity (Wildman–Crippen MR) is 33.2 cm³/mol. The van der Waals surface area contributed by atoms with Crippen molar-refractivity contribution in [2.24, 2.45) is 0 Å². The molecular weight excluding hydrogens is 261 g/mol. The Kier molecular flexibility index (Phi) is 4.64. The molecule has 92 valence electrons. The monoisotopic (exact) mass is 264 g/mol. The number of alkyl halides is 7. The average molecular weight is 264 g/mol. The molecule has 15 heavy (non-hydrogen) atoms. The Bertz CT molecular complexity index is 210. The lowest BCUT2D eigenvalue weighted by atomic mass is 10.2. The molecule has 0 heterocycles. The molecule has 1 N–H and O–H groups in total. The molecule has 0 saturated carbocycles. The van der Waals surface area contributed by atoms with Gasteiger partial charge in [-0.1, -0.05) is 5.04 Å². The van der Waals surface area contributed by atoms with Crippen LogP contribution < -0.4 is 0 Å². The van der Waals surface area contributed by atoms with Crippen LogP contribution >= 0.6 is 12.0 Å². The van der Waals surface area contributed by atoms with Gasteiger partial charge >= 0.3 is 17.1 Å². The molecule has 0 bridgehead atoms. The van der Waals surface area contributed by atoms with Crippen LogP contribution in [0.15, 0.2) is 0 Å². The first-order valence-electron chi connectivity index (χ1n) is 2.97. The van der Waals surface area contributed by atoms with E-state index in [1.165, 1.54) is 0 Å². The molecule has 0 spiro atoms. The van der Waals surface area contributed by atoms with E-state index in [4.69, 9.17) is 5.26 Å². The van der Waals surface area contributed by atoms with Crippen molar-refractivity contribution >= 4 is 12.0 Å². The molecule has 3 nitrogen and oxygen atoms in total. The zero-order valence-corrected chi connectivity index (χ0v) is 7.34. The minimum Gasteiger partial charge on any atom is -0.244 e. The molecule has 0 rings (SSSR count). The maximum Gasteiger partial charge on any atom is 0.389 e. The van der Waals surface area contributed by atoms with Crippen molar-refractivity contribution in [3.05, 3.63) is 0 Å². The van der Waals surface area contributed by atoms with E-state index in [1.54, 1.807) is 0 Å². The van der Waals surface area contributed by atoms with Gasteiger partial charge in [0.05, 0.1) is 0 Å². The molecule has 0 aliphatic rings. The van der Waals surface area contributed by atoms with Gasteiger partial charge < -0.3 is 0 Å². The van der Waals surface area contributed by atoms with Crippen LogP contribution in [0, 0.1) is 0 Å². The highest BCUT2D eigenvalue weighted by molar-refractivity contribution is 7.95. The third kappa shape index (κ3) is 2.86. The van der Waals surface area contributed by atoms with Crippen LogP contribution in [0.3, 0.4) is 0 Å². The van der Waals surface area contributed by atoms with Crippen LogP contribution in [-0.4, -0.2) is 29.0 Å². The summed E-state index contributed by atoms with van der Waals surface area (Å²) >= 11 is -1.57. The molecule has 0 radical (unpaired) electrons. The summed E-state index contributed by atoms with van der Waals surface area (Å²) in [5, 5.41) is 4.42. The van der Waals surface area contributed by atoms with Crippen molar-refractivity contribution in [1.29, 1.82) is 0 Å². The highest BCUT2D eigenvalue weighted by Gasteiger charge is 2.73. The second kappa shape index (κ2) is 4.72. The number of halogens is 7. The van der Waals surface area contributed by atoms with Crippen molar-refractivity contribution in [3.8, 4) is 0 Å². The topological polar surface area (TPSA) is 38.7 Å². The number of hydrogen-bond acceptors (Lipinski definition) is 4. The molecular formula is C4H3F7O3S. The van der Waals surface area contributed by atoms with E-state index < -0.39 is 35.8 Å². The molecule has 0 atom stereocenters. The van der Waals surface area contributed by atoms with E-state index in [-0.39, 0.29) is 0 Å². The molecule has 0 aliphatic carbocycles. The number of hydrogen-bond donors (Lipinski definition) is 1. The summed E-state index contributed by atoms with van der Waals surface area (Å²) in [5.74, 6) is -11.6. The van der Waals surface area contributed by atoms with Crippen LogP contribution in [0.1, 0.15) is 0 Å². The van der Waals surface area contributed by atoms with E-state index >= 15 is 0 Å². The highest BCUT2D eigenvalue weighted by Crippen LogP contribution is 2.51. The lowest BCUT2D eigenvalue weighted by molar-refractivity contribution is -0.434. The predicted octanol–water partition coefficient (Wildman–Crippen LogP) is 2.89. The van der Waals surface area contributed by atoms with Crippen LogP contribution in [-0.2, 0) is 9.37 Å². The van der Waals surface area contributed by atoms with Gasteiger partial charge in [0.2, 0.25) is 0 Å². The van der Waals surface area contributed by atoms with Crippen molar-refractivity contribution < 1.29 is 45.4 Å². The first-order valence-corrected chi connectivity index (χ1v) is 3.72. The fraction of sp³-hybridized carbons (Fsp3) is 1.00. The summed E-state index contributed by atoms with van der Waals surface area (Å²) in [5.41, 5.74) is 0. The first-order chi connectivity index (χ1) is 6.62. The standard InChI is InChI=1S/C4H3F7O3S/c5-1-2(6,7)3(8,9)4(10,11)15-14-13-12/h12H,1H2. The zero-order valence-electron chi connectivity index (χ0n) is 6.52. The molecule has 11 heteroatoms. The minimum absolute atomic E-state index is 1.57. The lowest BCUT2D eigenvalue weighted by Crippen LogP contribution is -2.53. The highest BCUT2D eigenvalue weighted by atomic mass is 32.2. The van der Waals surface area contributed by atoms with E-state index in [0.29, 0.717) is 0 Å². The summed E-state index contributed by atoms with van der Waals surface area (Å²) in [6.07, 6.45) is 0. The van der Waals surface area contributed by atoms with E-state index in [9.17, 15) is 30.7 Å². The Hall–Kier alpha value is -0.260. The Labute approximate surface area is 82.2 Å². The van der Waals surface area contributed by atoms with Crippen molar-refractivity contribution in [2.45, 2.75) is 17.1 Å². The molecule has 0 aromatic carbocycles. The van der Waals surface area contributed by atoms with Crippen LogP contribution in [0.2, 0.25) is 0 Å².